The van der Waals surface area contributed by atoms with E-state index in [1.807, 2.05) is 0 Å². The molecule has 1 N–H and O–H groups in total. The molecule has 2 unspecified atom stereocenters. The molecule has 2 nitrogen and oxygen atoms in total. The highest BCUT2D eigenvalue weighted by atomic mass is 19.2. The lowest BCUT2D eigenvalue weighted by atomic mass is 9.70. The molecule has 3 aliphatic heterocycles. The number of nitrogens with one attached hydrogen (secondary N) is 1. The fourth-order valence-electron chi connectivity index (χ4n) is 5.61. The van der Waals surface area contributed by atoms with Crippen LogP contribution in [0.2, 0.25) is 0 Å². The second kappa shape index (κ2) is 8.89. The van der Waals surface area contributed by atoms with E-state index >= 15 is 0 Å². The Morgan fingerprint density at radius 1 is 0.806 bits per heavy atom. The third kappa shape index (κ3) is 4.02. The van der Waals surface area contributed by atoms with Crippen LogP contribution in [-0.4, -0.2) is 30.1 Å². The predicted octanol–water partition coefficient (Wildman–Crippen LogP) is 5.35. The van der Waals surface area contributed by atoms with Gasteiger partial charge in [0.2, 0.25) is 0 Å². The van der Waals surface area contributed by atoms with Crippen LogP contribution in [0.1, 0.15) is 35.4 Å². The standard InChI is InChI=1S/C27H28F2N2/c28-23-13-7-12-22(25(23)29)18-30-26-21-14-16-31(17-15-21)27(26)24(19-8-3-1-4-9-19)20-10-5-2-6-11-20/h1-13,21,24,26-27,30H,14-18H2. The Morgan fingerprint density at radius 2 is 1.42 bits per heavy atom. The van der Waals surface area contributed by atoms with Crippen LogP contribution in [0, 0.1) is 17.6 Å². The molecule has 3 saturated heterocycles. The van der Waals surface area contributed by atoms with Gasteiger partial charge < -0.3 is 5.32 Å². The number of fused-ring (bicyclic) bond motifs is 3. The average molecular weight is 419 g/mol. The Labute approximate surface area is 182 Å². The van der Waals surface area contributed by atoms with Gasteiger partial charge in [0.15, 0.2) is 11.6 Å². The lowest BCUT2D eigenvalue weighted by Crippen LogP contribution is -2.64. The van der Waals surface area contributed by atoms with Gasteiger partial charge in [0.1, 0.15) is 0 Å². The van der Waals surface area contributed by atoms with Gasteiger partial charge in [0.25, 0.3) is 0 Å². The lowest BCUT2D eigenvalue weighted by Gasteiger charge is -2.54. The summed E-state index contributed by atoms with van der Waals surface area (Å²) in [7, 11) is 0. The van der Waals surface area contributed by atoms with E-state index in [1.54, 1.807) is 12.1 Å². The van der Waals surface area contributed by atoms with Gasteiger partial charge in [-0.05, 0) is 49.0 Å². The van der Waals surface area contributed by atoms with E-state index < -0.39 is 11.6 Å². The molecule has 0 radical (unpaired) electrons. The lowest BCUT2D eigenvalue weighted by molar-refractivity contribution is 0.00457. The number of rotatable bonds is 6. The Morgan fingerprint density at radius 3 is 2.03 bits per heavy atom. The molecule has 0 aromatic heterocycles. The first-order valence-electron chi connectivity index (χ1n) is 11.2. The smallest absolute Gasteiger partial charge is 0.163 e. The molecule has 160 valence electrons. The second-order valence-electron chi connectivity index (χ2n) is 8.78. The Kier molecular flexibility index (Phi) is 5.84. The minimum absolute atomic E-state index is 0.218. The van der Waals surface area contributed by atoms with Crippen molar-refractivity contribution in [1.82, 2.24) is 10.2 Å². The number of hydrogen-bond donors (Lipinski definition) is 1. The molecule has 0 spiro atoms. The highest BCUT2D eigenvalue weighted by molar-refractivity contribution is 5.36. The maximum atomic E-state index is 14.3. The molecule has 3 aromatic rings. The van der Waals surface area contributed by atoms with Gasteiger partial charge in [-0.1, -0.05) is 72.8 Å². The maximum absolute atomic E-state index is 14.3. The van der Waals surface area contributed by atoms with E-state index in [0.717, 1.165) is 25.9 Å². The van der Waals surface area contributed by atoms with Crippen molar-refractivity contribution < 1.29 is 8.78 Å². The van der Waals surface area contributed by atoms with Gasteiger partial charge in [-0.3, -0.25) is 4.90 Å². The zero-order valence-corrected chi connectivity index (χ0v) is 17.6. The van der Waals surface area contributed by atoms with Crippen molar-refractivity contribution >= 4 is 0 Å². The van der Waals surface area contributed by atoms with E-state index in [2.05, 4.69) is 70.9 Å². The first kappa shape index (κ1) is 20.3. The number of piperidine rings is 3. The molecule has 2 bridgehead atoms. The quantitative estimate of drug-likeness (QED) is 0.581. The minimum atomic E-state index is -0.781. The second-order valence-corrected chi connectivity index (χ2v) is 8.78. The van der Waals surface area contributed by atoms with Crippen LogP contribution in [0.3, 0.4) is 0 Å². The largest absolute Gasteiger partial charge is 0.308 e. The molecule has 2 atom stereocenters. The van der Waals surface area contributed by atoms with E-state index in [9.17, 15) is 8.78 Å². The predicted molar refractivity (Wildman–Crippen MR) is 120 cm³/mol. The normalized spacial score (nSPS) is 25.1. The van der Waals surface area contributed by atoms with Crippen molar-refractivity contribution in [1.29, 1.82) is 0 Å². The molecule has 0 amide bonds. The van der Waals surface area contributed by atoms with Crippen LogP contribution < -0.4 is 5.32 Å². The van der Waals surface area contributed by atoms with Crippen LogP contribution in [-0.2, 0) is 6.54 Å². The summed E-state index contributed by atoms with van der Waals surface area (Å²) in [6.07, 6.45) is 2.30. The summed E-state index contributed by atoms with van der Waals surface area (Å²) in [4.78, 5) is 2.60. The fraction of sp³-hybridized carbons (Fsp3) is 0.333. The molecule has 3 aliphatic rings. The third-order valence-electron chi connectivity index (χ3n) is 7.09. The molecule has 0 saturated carbocycles. The molecule has 6 rings (SSSR count). The van der Waals surface area contributed by atoms with Crippen molar-refractivity contribution in [3.8, 4) is 0 Å². The van der Waals surface area contributed by atoms with Crippen LogP contribution in [0.4, 0.5) is 8.78 Å². The summed E-state index contributed by atoms with van der Waals surface area (Å²) < 4.78 is 28.0. The number of hydrogen-bond acceptors (Lipinski definition) is 2. The molecule has 3 fully saturated rings. The summed E-state index contributed by atoms with van der Waals surface area (Å²) >= 11 is 0. The molecular weight excluding hydrogens is 390 g/mol. The van der Waals surface area contributed by atoms with Crippen LogP contribution in [0.5, 0.6) is 0 Å². The Hall–Kier alpha value is -2.56. The van der Waals surface area contributed by atoms with E-state index in [0.29, 0.717) is 18.0 Å². The van der Waals surface area contributed by atoms with Crippen molar-refractivity contribution in [3.63, 3.8) is 0 Å². The monoisotopic (exact) mass is 418 g/mol. The number of nitrogens with zero attached hydrogens (tertiary/aromatic N) is 1. The van der Waals surface area contributed by atoms with Gasteiger partial charge in [-0.2, -0.15) is 0 Å². The van der Waals surface area contributed by atoms with Gasteiger partial charge in [-0.15, -0.1) is 0 Å². The molecule has 3 heterocycles. The topological polar surface area (TPSA) is 15.3 Å². The van der Waals surface area contributed by atoms with Crippen LogP contribution in [0.15, 0.2) is 78.9 Å². The summed E-state index contributed by atoms with van der Waals surface area (Å²) in [5.74, 6) is -0.756. The summed E-state index contributed by atoms with van der Waals surface area (Å²) in [6, 6.07) is 26.3. The molecule has 4 heteroatoms. The first-order chi connectivity index (χ1) is 15.2. The third-order valence-corrected chi connectivity index (χ3v) is 7.09. The van der Waals surface area contributed by atoms with E-state index in [-0.39, 0.29) is 18.0 Å². The summed E-state index contributed by atoms with van der Waals surface area (Å²) in [5.41, 5.74) is 3.00. The van der Waals surface area contributed by atoms with Gasteiger partial charge in [0.05, 0.1) is 0 Å². The zero-order chi connectivity index (χ0) is 21.2. The molecule has 3 aromatic carbocycles. The Bertz CT molecular complexity index is 961. The fourth-order valence-corrected chi connectivity index (χ4v) is 5.61. The highest BCUT2D eigenvalue weighted by Crippen LogP contribution is 2.42. The average Bonchev–Trinajstić information content (AvgIpc) is 2.83. The highest BCUT2D eigenvalue weighted by Gasteiger charge is 2.46. The van der Waals surface area contributed by atoms with Gasteiger partial charge in [-0.25, -0.2) is 8.78 Å². The minimum Gasteiger partial charge on any atom is -0.308 e. The number of halogens is 2. The maximum Gasteiger partial charge on any atom is 0.163 e. The Balaban J connectivity index is 1.50. The first-order valence-corrected chi connectivity index (χ1v) is 11.2. The summed E-state index contributed by atoms with van der Waals surface area (Å²) in [5, 5.41) is 3.66. The molecule has 31 heavy (non-hydrogen) atoms. The van der Waals surface area contributed by atoms with Gasteiger partial charge >= 0.3 is 0 Å². The zero-order valence-electron chi connectivity index (χ0n) is 17.6. The van der Waals surface area contributed by atoms with Gasteiger partial charge in [0, 0.05) is 30.1 Å². The van der Waals surface area contributed by atoms with E-state index in [1.165, 1.54) is 17.2 Å². The number of benzene rings is 3. The van der Waals surface area contributed by atoms with Crippen molar-refractivity contribution in [2.24, 2.45) is 5.92 Å². The van der Waals surface area contributed by atoms with Crippen molar-refractivity contribution in [2.75, 3.05) is 13.1 Å². The molecule has 0 aliphatic carbocycles. The summed E-state index contributed by atoms with van der Waals surface area (Å²) in [6.45, 7) is 2.53. The molecular formula is C27H28F2N2. The van der Waals surface area contributed by atoms with Crippen LogP contribution in [0.25, 0.3) is 0 Å². The SMILES string of the molecule is Fc1cccc(CNC2C3CCN(CC3)C2C(c2ccccc2)c2ccccc2)c1F. The van der Waals surface area contributed by atoms with E-state index in [4.69, 9.17) is 0 Å². The van der Waals surface area contributed by atoms with Crippen molar-refractivity contribution in [3.05, 3.63) is 107 Å². The van der Waals surface area contributed by atoms with Crippen LogP contribution >= 0.6 is 0 Å². The van der Waals surface area contributed by atoms with Crippen molar-refractivity contribution in [2.45, 2.75) is 37.4 Å².